The zero-order valence-corrected chi connectivity index (χ0v) is 28.7. The lowest BCUT2D eigenvalue weighted by Crippen LogP contribution is -2.66. The van der Waals surface area contributed by atoms with Crippen LogP contribution >= 0.6 is 0 Å². The Kier molecular flexibility index (Phi) is 7.62. The lowest BCUT2D eigenvalue weighted by molar-refractivity contribution is -0.228. The summed E-state index contributed by atoms with van der Waals surface area (Å²) in [6.45, 7) is 19.4. The van der Waals surface area contributed by atoms with E-state index in [2.05, 4.69) is 48.1 Å². The van der Waals surface area contributed by atoms with Gasteiger partial charge in [-0.15, -0.1) is 0 Å². The fraction of sp³-hybridized carbons (Fsp3) is 0.757. The smallest absolute Gasteiger partial charge is 0.335 e. The minimum Gasteiger partial charge on any atom is -0.478 e. The molecule has 1 aromatic rings. The number of hydrogen-bond donors (Lipinski definition) is 2. The molecule has 5 fully saturated rings. The number of carbonyl (C=O) groups is 1. The van der Waals surface area contributed by atoms with Crippen LogP contribution in [0.2, 0.25) is 0 Å². The zero-order chi connectivity index (χ0) is 32.1. The van der Waals surface area contributed by atoms with Gasteiger partial charge in [-0.1, -0.05) is 32.9 Å². The fourth-order valence-electron chi connectivity index (χ4n) is 12.8. The Morgan fingerprint density at radius 2 is 1.59 bits per heavy atom. The molecule has 6 nitrogen and oxygen atoms in total. The maximum absolute atomic E-state index is 14.2. The van der Waals surface area contributed by atoms with Crippen molar-refractivity contribution in [3.05, 3.63) is 42.0 Å². The second-order valence-corrected chi connectivity index (χ2v) is 18.7. The highest BCUT2D eigenvalue weighted by Crippen LogP contribution is 2.76. The van der Waals surface area contributed by atoms with Gasteiger partial charge in [-0.25, -0.2) is 13.2 Å². The van der Waals surface area contributed by atoms with Crippen LogP contribution in [0.3, 0.4) is 0 Å². The molecule has 2 N–H and O–H groups in total. The molecule has 7 heteroatoms. The van der Waals surface area contributed by atoms with Crippen molar-refractivity contribution in [3.63, 3.8) is 0 Å². The first-order chi connectivity index (χ1) is 20.5. The van der Waals surface area contributed by atoms with Gasteiger partial charge in [0.15, 0.2) is 0 Å². The highest BCUT2D eigenvalue weighted by molar-refractivity contribution is 7.89. The lowest BCUT2D eigenvalue weighted by Gasteiger charge is -2.71. The third-order valence-electron chi connectivity index (χ3n) is 15.1. The van der Waals surface area contributed by atoms with Gasteiger partial charge in [-0.2, -0.15) is 4.31 Å². The third-order valence-corrected chi connectivity index (χ3v) is 17.2. The number of aliphatic hydroxyl groups is 1. The molecular weight excluding hydrogens is 570 g/mol. The van der Waals surface area contributed by atoms with E-state index in [1.165, 1.54) is 49.1 Å². The van der Waals surface area contributed by atoms with Gasteiger partial charge in [0.2, 0.25) is 10.0 Å². The number of nitrogens with zero attached hydrogens (tertiary/aromatic N) is 1. The summed E-state index contributed by atoms with van der Waals surface area (Å²) in [5, 5.41) is 20.2. The van der Waals surface area contributed by atoms with Crippen molar-refractivity contribution < 1.29 is 23.4 Å². The molecule has 5 aliphatic rings. The average Bonchev–Trinajstić information content (AvgIpc) is 3.31. The Morgan fingerprint density at radius 3 is 2.20 bits per heavy atom. The van der Waals surface area contributed by atoms with E-state index in [1.54, 1.807) is 4.31 Å². The zero-order valence-electron chi connectivity index (χ0n) is 27.9. The second kappa shape index (κ2) is 10.4. The monoisotopic (exact) mass is 625 g/mol. The van der Waals surface area contributed by atoms with E-state index in [4.69, 9.17) is 0 Å². The number of sulfonamides is 1. The summed E-state index contributed by atoms with van der Waals surface area (Å²) in [4.78, 5) is 11.6. The molecule has 0 spiro atoms. The first-order valence-corrected chi connectivity index (χ1v) is 18.6. The van der Waals surface area contributed by atoms with E-state index < -0.39 is 21.5 Å². The maximum atomic E-state index is 14.2. The van der Waals surface area contributed by atoms with Crippen LogP contribution in [0.1, 0.15) is 116 Å². The third kappa shape index (κ3) is 4.23. The van der Waals surface area contributed by atoms with Crippen molar-refractivity contribution in [2.45, 2.75) is 116 Å². The van der Waals surface area contributed by atoms with E-state index in [1.807, 2.05) is 0 Å². The molecule has 1 saturated heterocycles. The molecule has 4 aliphatic carbocycles. The lowest BCUT2D eigenvalue weighted by atomic mass is 9.33. The second-order valence-electron chi connectivity index (χ2n) is 16.9. The Morgan fingerprint density at radius 1 is 0.909 bits per heavy atom. The molecule has 1 unspecified atom stereocenters. The van der Waals surface area contributed by atoms with Gasteiger partial charge < -0.3 is 10.2 Å². The van der Waals surface area contributed by atoms with Crippen LogP contribution in [-0.4, -0.2) is 47.6 Å². The van der Waals surface area contributed by atoms with Crippen molar-refractivity contribution in [2.75, 3.05) is 13.2 Å². The van der Waals surface area contributed by atoms with Crippen LogP contribution in [0.4, 0.5) is 0 Å². The topological polar surface area (TPSA) is 94.9 Å². The van der Waals surface area contributed by atoms with E-state index in [9.17, 15) is 23.4 Å². The van der Waals surface area contributed by atoms with Gasteiger partial charge in [-0.3, -0.25) is 0 Å². The van der Waals surface area contributed by atoms with E-state index in [-0.39, 0.29) is 38.0 Å². The van der Waals surface area contributed by atoms with Crippen molar-refractivity contribution in [1.82, 2.24) is 4.31 Å². The van der Waals surface area contributed by atoms with Gasteiger partial charge in [-0.05, 0) is 160 Å². The molecule has 244 valence electrons. The number of benzene rings is 1. The van der Waals surface area contributed by atoms with Gasteiger partial charge in [0, 0.05) is 18.7 Å². The van der Waals surface area contributed by atoms with Gasteiger partial charge in [0.05, 0.1) is 10.5 Å². The minimum atomic E-state index is -3.81. The fourth-order valence-corrected chi connectivity index (χ4v) is 14.7. The Balaban J connectivity index is 1.35. The number of aliphatic hydroxyl groups excluding tert-OH is 1. The Bertz CT molecular complexity index is 1440. The molecule has 9 atom stereocenters. The van der Waals surface area contributed by atoms with Crippen molar-refractivity contribution in [1.29, 1.82) is 0 Å². The quantitative estimate of drug-likeness (QED) is 0.326. The highest BCUT2D eigenvalue weighted by atomic mass is 32.2. The molecule has 0 bridgehead atoms. The van der Waals surface area contributed by atoms with Crippen molar-refractivity contribution >= 4 is 16.0 Å². The SMILES string of the molecule is C=C(C)[C@@H]1CC[C@]2(CO)CC[C@]3(C)[C@H](CC[C@@H]4[C@@]5(C)CCCN(S(=O)(=O)c6ccc(C(=O)O)cc6)C(C)(C)C5CC[C@]43C)[C@@H]12. The molecule has 6 rings (SSSR count). The number of hydrogen-bond acceptors (Lipinski definition) is 4. The number of rotatable bonds is 5. The van der Waals surface area contributed by atoms with Gasteiger partial charge in [0.25, 0.3) is 0 Å². The average molecular weight is 626 g/mol. The number of fused-ring (bicyclic) bond motifs is 7. The summed E-state index contributed by atoms with van der Waals surface area (Å²) in [6.07, 6.45) is 10.9. The predicted molar refractivity (Wildman–Crippen MR) is 174 cm³/mol. The van der Waals surface area contributed by atoms with E-state index >= 15 is 0 Å². The summed E-state index contributed by atoms with van der Waals surface area (Å²) in [6, 6.07) is 5.70. The normalized spacial score (nSPS) is 43.6. The largest absolute Gasteiger partial charge is 0.478 e. The first kappa shape index (κ1) is 32.2. The summed E-state index contributed by atoms with van der Waals surface area (Å²) in [5.41, 5.74) is 1.19. The minimum absolute atomic E-state index is 0.0108. The molecule has 0 radical (unpaired) electrons. The number of carboxylic acids is 1. The highest BCUT2D eigenvalue weighted by Gasteiger charge is 2.70. The summed E-state index contributed by atoms with van der Waals surface area (Å²) >= 11 is 0. The van der Waals surface area contributed by atoms with Crippen LogP contribution in [0, 0.1) is 51.2 Å². The summed E-state index contributed by atoms with van der Waals surface area (Å²) < 4.78 is 30.2. The molecule has 44 heavy (non-hydrogen) atoms. The molecule has 1 heterocycles. The molecule has 1 aliphatic heterocycles. The van der Waals surface area contributed by atoms with E-state index in [0.717, 1.165) is 44.9 Å². The Labute approximate surface area is 265 Å². The van der Waals surface area contributed by atoms with Crippen LogP contribution < -0.4 is 0 Å². The van der Waals surface area contributed by atoms with Gasteiger partial charge >= 0.3 is 5.97 Å². The standard InChI is InChI=1S/C37H55NO5S/c1-24(2)27-15-19-37(23-39)21-20-35(6)28(31(27)37)13-14-30-34(5)17-8-22-38(33(3,4)29(34)16-18-36(30,35)7)44(42,43)26-11-9-25(10-12-26)32(40)41/h9-12,27-31,39H,1,8,13-23H2,2-7H3,(H,40,41)/t27-,28+,29?,30+,31+,34-,35+,36+,37+/m0/s1. The maximum Gasteiger partial charge on any atom is 0.335 e. The van der Waals surface area contributed by atoms with Crippen LogP contribution in [0.25, 0.3) is 0 Å². The number of aromatic carboxylic acids is 1. The van der Waals surface area contributed by atoms with Crippen LogP contribution in [0.15, 0.2) is 41.3 Å². The first-order valence-electron chi connectivity index (χ1n) is 17.1. The van der Waals surface area contributed by atoms with Crippen molar-refractivity contribution in [3.8, 4) is 0 Å². The molecule has 1 aromatic carbocycles. The molecular formula is C37H55NO5S. The molecule has 0 aromatic heterocycles. The van der Waals surface area contributed by atoms with Crippen molar-refractivity contribution in [2.24, 2.45) is 51.2 Å². The predicted octanol–water partition coefficient (Wildman–Crippen LogP) is 7.78. The van der Waals surface area contributed by atoms with Gasteiger partial charge in [0.1, 0.15) is 0 Å². The summed E-state index contributed by atoms with van der Waals surface area (Å²) in [7, 11) is -3.81. The molecule has 0 amide bonds. The van der Waals surface area contributed by atoms with Crippen LogP contribution in [0.5, 0.6) is 0 Å². The van der Waals surface area contributed by atoms with E-state index in [0.29, 0.717) is 36.8 Å². The number of allylic oxidation sites excluding steroid dienone is 1. The summed E-state index contributed by atoms with van der Waals surface area (Å²) in [5.74, 6) is 1.26. The number of carboxylic acid groups (broad SMARTS) is 1. The van der Waals surface area contributed by atoms with Crippen LogP contribution in [-0.2, 0) is 10.0 Å². The Hall–Kier alpha value is -1.70. The molecule has 4 saturated carbocycles.